The van der Waals surface area contributed by atoms with Crippen LogP contribution < -0.4 is 15.8 Å². The zero-order valence-corrected chi connectivity index (χ0v) is 13.4. The fourth-order valence-corrected chi connectivity index (χ4v) is 3.33. The van der Waals surface area contributed by atoms with Gasteiger partial charge in [-0.2, -0.15) is 0 Å². The number of nitrogens with two attached hydrogens (primary N) is 1. The fraction of sp³-hybridized carbons (Fsp3) is 0.611. The van der Waals surface area contributed by atoms with E-state index >= 15 is 0 Å². The second-order valence-corrected chi connectivity index (χ2v) is 6.41. The first-order valence-corrected chi connectivity index (χ1v) is 8.59. The predicted molar refractivity (Wildman–Crippen MR) is 90.4 cm³/mol. The molecule has 2 aliphatic rings. The number of nitrogens with one attached hydrogen (secondary N) is 1. The standard InChI is InChI=1S/C18H27N3O/c1-2-22-15-10-8-13(9-11-15)16-12-17(16)21-18(19)20-14-6-4-3-5-7-14/h8-11,14,16-17H,2-7,12H2,1H3,(H3,19,20,21)/t16-,17+/m0/s1. The Morgan fingerprint density at radius 3 is 2.64 bits per heavy atom. The molecule has 1 aromatic rings. The van der Waals surface area contributed by atoms with Crippen LogP contribution in [0.5, 0.6) is 5.75 Å². The Balaban J connectivity index is 1.51. The van der Waals surface area contributed by atoms with Gasteiger partial charge in [-0.25, -0.2) is 4.99 Å². The van der Waals surface area contributed by atoms with Gasteiger partial charge in [0.05, 0.1) is 12.6 Å². The van der Waals surface area contributed by atoms with Crippen LogP contribution in [0.3, 0.4) is 0 Å². The zero-order chi connectivity index (χ0) is 15.4. The van der Waals surface area contributed by atoms with E-state index in [2.05, 4.69) is 22.4 Å². The van der Waals surface area contributed by atoms with Gasteiger partial charge in [-0.1, -0.05) is 31.4 Å². The third-order valence-electron chi connectivity index (χ3n) is 4.64. The van der Waals surface area contributed by atoms with Gasteiger partial charge in [0.25, 0.3) is 0 Å². The van der Waals surface area contributed by atoms with E-state index in [1.54, 1.807) is 0 Å². The molecule has 4 heteroatoms. The highest BCUT2D eigenvalue weighted by Crippen LogP contribution is 2.43. The predicted octanol–water partition coefficient (Wildman–Crippen LogP) is 3.18. The molecular formula is C18H27N3O. The summed E-state index contributed by atoms with van der Waals surface area (Å²) in [4.78, 5) is 4.65. The molecule has 4 nitrogen and oxygen atoms in total. The van der Waals surface area contributed by atoms with Gasteiger partial charge in [0.15, 0.2) is 5.96 Å². The molecule has 0 saturated heterocycles. The average Bonchev–Trinajstić information content (AvgIpc) is 3.28. The number of guanidine groups is 1. The Morgan fingerprint density at radius 1 is 1.23 bits per heavy atom. The van der Waals surface area contributed by atoms with E-state index in [1.807, 2.05) is 19.1 Å². The molecule has 0 aliphatic heterocycles. The molecule has 120 valence electrons. The van der Waals surface area contributed by atoms with Crippen LogP contribution in [0.4, 0.5) is 0 Å². The second kappa shape index (κ2) is 7.03. The fourth-order valence-electron chi connectivity index (χ4n) is 3.33. The molecule has 0 aromatic heterocycles. The van der Waals surface area contributed by atoms with Crippen LogP contribution in [0.2, 0.25) is 0 Å². The van der Waals surface area contributed by atoms with E-state index in [-0.39, 0.29) is 0 Å². The van der Waals surface area contributed by atoms with E-state index in [9.17, 15) is 0 Å². The van der Waals surface area contributed by atoms with Crippen molar-refractivity contribution in [3.05, 3.63) is 29.8 Å². The normalized spacial score (nSPS) is 25.8. The van der Waals surface area contributed by atoms with E-state index in [0.29, 0.717) is 30.6 Å². The van der Waals surface area contributed by atoms with Gasteiger partial charge in [0.1, 0.15) is 5.75 Å². The number of ether oxygens (including phenoxy) is 1. The molecule has 2 fully saturated rings. The van der Waals surface area contributed by atoms with E-state index in [1.165, 1.54) is 37.7 Å². The van der Waals surface area contributed by atoms with Gasteiger partial charge < -0.3 is 15.8 Å². The molecule has 22 heavy (non-hydrogen) atoms. The smallest absolute Gasteiger partial charge is 0.189 e. The van der Waals surface area contributed by atoms with Crippen LogP contribution in [-0.4, -0.2) is 24.7 Å². The van der Waals surface area contributed by atoms with Gasteiger partial charge in [-0.15, -0.1) is 0 Å². The molecule has 0 heterocycles. The first kappa shape index (κ1) is 15.2. The quantitative estimate of drug-likeness (QED) is 0.648. The molecule has 1 aromatic carbocycles. The first-order chi connectivity index (χ1) is 10.8. The number of hydrogen-bond donors (Lipinski definition) is 2. The maximum absolute atomic E-state index is 6.07. The molecule has 3 N–H and O–H groups in total. The Hall–Kier alpha value is -1.71. The third-order valence-corrected chi connectivity index (χ3v) is 4.64. The summed E-state index contributed by atoms with van der Waals surface area (Å²) in [5, 5.41) is 3.40. The molecule has 0 bridgehead atoms. The summed E-state index contributed by atoms with van der Waals surface area (Å²) in [5.41, 5.74) is 7.40. The topological polar surface area (TPSA) is 59.6 Å². The highest BCUT2D eigenvalue weighted by Gasteiger charge is 2.38. The van der Waals surface area contributed by atoms with Crippen molar-refractivity contribution in [1.29, 1.82) is 0 Å². The maximum Gasteiger partial charge on any atom is 0.189 e. The van der Waals surface area contributed by atoms with Crippen LogP contribution in [0.25, 0.3) is 0 Å². The lowest BCUT2D eigenvalue weighted by Gasteiger charge is -2.23. The van der Waals surface area contributed by atoms with Gasteiger partial charge in [0.2, 0.25) is 0 Å². The summed E-state index contributed by atoms with van der Waals surface area (Å²) < 4.78 is 5.48. The van der Waals surface area contributed by atoms with Crippen LogP contribution in [0.1, 0.15) is 56.9 Å². The highest BCUT2D eigenvalue weighted by atomic mass is 16.5. The monoisotopic (exact) mass is 301 g/mol. The summed E-state index contributed by atoms with van der Waals surface area (Å²) in [6.45, 7) is 2.71. The van der Waals surface area contributed by atoms with Crippen molar-refractivity contribution < 1.29 is 4.74 Å². The van der Waals surface area contributed by atoms with Crippen molar-refractivity contribution >= 4 is 5.96 Å². The van der Waals surface area contributed by atoms with E-state index in [4.69, 9.17) is 10.5 Å². The van der Waals surface area contributed by atoms with Crippen LogP contribution in [-0.2, 0) is 0 Å². The number of hydrogen-bond acceptors (Lipinski definition) is 2. The Morgan fingerprint density at radius 2 is 1.95 bits per heavy atom. The lowest BCUT2D eigenvalue weighted by atomic mass is 9.96. The zero-order valence-electron chi connectivity index (χ0n) is 13.4. The summed E-state index contributed by atoms with van der Waals surface area (Å²) >= 11 is 0. The van der Waals surface area contributed by atoms with Gasteiger partial charge in [0, 0.05) is 12.0 Å². The largest absolute Gasteiger partial charge is 0.494 e. The minimum Gasteiger partial charge on any atom is -0.494 e. The molecule has 0 radical (unpaired) electrons. The number of nitrogens with zero attached hydrogens (tertiary/aromatic N) is 1. The van der Waals surface area contributed by atoms with Crippen LogP contribution in [0, 0.1) is 0 Å². The third kappa shape index (κ3) is 3.93. The summed E-state index contributed by atoms with van der Waals surface area (Å²) in [6, 6.07) is 9.25. The molecule has 0 spiro atoms. The SMILES string of the molecule is CCOc1ccc([C@@H]2C[C@H]2N=C(N)NC2CCCCC2)cc1. The molecule has 0 amide bonds. The minimum atomic E-state index is 0.342. The van der Waals surface area contributed by atoms with Crippen LogP contribution >= 0.6 is 0 Å². The molecule has 2 saturated carbocycles. The van der Waals surface area contributed by atoms with Crippen molar-refractivity contribution in [2.45, 2.75) is 63.5 Å². The van der Waals surface area contributed by atoms with Crippen molar-refractivity contribution in [1.82, 2.24) is 5.32 Å². The highest BCUT2D eigenvalue weighted by molar-refractivity contribution is 5.78. The van der Waals surface area contributed by atoms with Crippen molar-refractivity contribution in [3.8, 4) is 5.75 Å². The van der Waals surface area contributed by atoms with Crippen molar-refractivity contribution in [2.75, 3.05) is 6.61 Å². The Labute approximate surface area is 133 Å². The lowest BCUT2D eigenvalue weighted by molar-refractivity contribution is 0.340. The first-order valence-electron chi connectivity index (χ1n) is 8.59. The summed E-state index contributed by atoms with van der Waals surface area (Å²) in [6.07, 6.45) is 7.53. The molecule has 2 atom stereocenters. The maximum atomic E-state index is 6.07. The minimum absolute atomic E-state index is 0.342. The van der Waals surface area contributed by atoms with E-state index in [0.717, 1.165) is 12.2 Å². The van der Waals surface area contributed by atoms with Crippen molar-refractivity contribution in [3.63, 3.8) is 0 Å². The number of aliphatic imine (C=N–C) groups is 1. The van der Waals surface area contributed by atoms with Crippen LogP contribution in [0.15, 0.2) is 29.3 Å². The molecule has 3 rings (SSSR count). The van der Waals surface area contributed by atoms with Gasteiger partial charge in [-0.3, -0.25) is 0 Å². The summed E-state index contributed by atoms with van der Waals surface area (Å²) in [7, 11) is 0. The lowest BCUT2D eigenvalue weighted by Crippen LogP contribution is -2.41. The van der Waals surface area contributed by atoms with Gasteiger partial charge in [-0.05, 0) is 43.9 Å². The number of rotatable bonds is 5. The molecule has 0 unspecified atom stereocenters. The Bertz CT molecular complexity index is 506. The van der Waals surface area contributed by atoms with E-state index < -0.39 is 0 Å². The molecular weight excluding hydrogens is 274 g/mol. The molecule has 2 aliphatic carbocycles. The average molecular weight is 301 g/mol. The van der Waals surface area contributed by atoms with Gasteiger partial charge >= 0.3 is 0 Å². The second-order valence-electron chi connectivity index (χ2n) is 6.41. The Kier molecular flexibility index (Phi) is 4.86. The summed E-state index contributed by atoms with van der Waals surface area (Å²) in [5.74, 6) is 2.08. The number of benzene rings is 1. The van der Waals surface area contributed by atoms with Crippen molar-refractivity contribution in [2.24, 2.45) is 10.7 Å².